The maximum Gasteiger partial charge on any atom is 0.324 e. The van der Waals surface area contributed by atoms with E-state index in [1.54, 1.807) is 44.2 Å². The smallest absolute Gasteiger partial charge is 0.324 e. The summed E-state index contributed by atoms with van der Waals surface area (Å²) in [4.78, 5) is 12.8. The van der Waals surface area contributed by atoms with Gasteiger partial charge in [0, 0.05) is 5.56 Å². The highest BCUT2D eigenvalue weighted by atomic mass is 32.2. The van der Waals surface area contributed by atoms with Gasteiger partial charge >= 0.3 is 5.97 Å². The van der Waals surface area contributed by atoms with Crippen LogP contribution in [0.4, 0.5) is 0 Å². The number of hydrogen-bond acceptors (Lipinski definition) is 5. The van der Waals surface area contributed by atoms with Gasteiger partial charge in [0.25, 0.3) is 0 Å². The summed E-state index contributed by atoms with van der Waals surface area (Å²) in [5, 5.41) is 0. The van der Waals surface area contributed by atoms with E-state index >= 15 is 0 Å². The molecule has 31 heavy (non-hydrogen) atoms. The lowest BCUT2D eigenvalue weighted by Crippen LogP contribution is -2.45. The number of para-hydroxylation sites is 2. The predicted molar refractivity (Wildman–Crippen MR) is 118 cm³/mol. The van der Waals surface area contributed by atoms with E-state index in [1.165, 1.54) is 12.1 Å². The molecule has 0 radical (unpaired) electrons. The normalized spacial score (nSPS) is 12.4. The zero-order valence-electron chi connectivity index (χ0n) is 17.4. The number of hydrogen-bond donors (Lipinski definition) is 1. The number of benzene rings is 3. The second kappa shape index (κ2) is 10.2. The first kappa shape index (κ1) is 22.5. The second-order valence-corrected chi connectivity index (χ2v) is 9.00. The minimum atomic E-state index is -3.86. The van der Waals surface area contributed by atoms with Crippen LogP contribution in [-0.4, -0.2) is 20.4 Å². The summed E-state index contributed by atoms with van der Waals surface area (Å²) in [6.45, 7) is 3.47. The summed E-state index contributed by atoms with van der Waals surface area (Å²) in [7, 11) is -3.86. The fraction of sp³-hybridized carbons (Fsp3) is 0.208. The van der Waals surface area contributed by atoms with E-state index in [1.807, 2.05) is 42.5 Å². The van der Waals surface area contributed by atoms with E-state index in [0.29, 0.717) is 17.1 Å². The van der Waals surface area contributed by atoms with Gasteiger partial charge in [-0.2, -0.15) is 4.72 Å². The summed E-state index contributed by atoms with van der Waals surface area (Å²) in [5.74, 6) is 0.273. The Morgan fingerprint density at radius 1 is 0.871 bits per heavy atom. The van der Waals surface area contributed by atoms with Gasteiger partial charge in [0.15, 0.2) is 0 Å². The van der Waals surface area contributed by atoms with Gasteiger partial charge in [-0.15, -0.1) is 0 Å². The Balaban J connectivity index is 1.70. The van der Waals surface area contributed by atoms with Crippen LogP contribution in [0, 0.1) is 5.92 Å². The molecule has 0 saturated heterocycles. The third kappa shape index (κ3) is 6.16. The standard InChI is InChI=1S/C24H25NO5S/c1-18(2)23(25-31(27,28)21-14-7-4-8-15-21)24(26)29-17-19-11-9-10-16-22(19)30-20-12-5-3-6-13-20/h3-16,18,23,25H,17H2,1-2H3/t23-/m0/s1. The first-order valence-electron chi connectivity index (χ1n) is 9.91. The molecular formula is C24H25NO5S. The zero-order valence-corrected chi connectivity index (χ0v) is 18.2. The van der Waals surface area contributed by atoms with Crippen LogP contribution in [0.2, 0.25) is 0 Å². The van der Waals surface area contributed by atoms with Gasteiger partial charge in [0.05, 0.1) is 4.90 Å². The van der Waals surface area contributed by atoms with Crippen molar-refractivity contribution in [3.63, 3.8) is 0 Å². The molecule has 7 heteroatoms. The van der Waals surface area contributed by atoms with Crippen LogP contribution in [0.25, 0.3) is 0 Å². The van der Waals surface area contributed by atoms with E-state index in [0.717, 1.165) is 0 Å². The number of ether oxygens (including phenoxy) is 2. The molecule has 3 rings (SSSR count). The van der Waals surface area contributed by atoms with Crippen LogP contribution in [-0.2, 0) is 26.2 Å². The van der Waals surface area contributed by atoms with Gasteiger partial charge in [-0.3, -0.25) is 4.79 Å². The Morgan fingerprint density at radius 2 is 1.45 bits per heavy atom. The average molecular weight is 440 g/mol. The fourth-order valence-electron chi connectivity index (χ4n) is 2.87. The van der Waals surface area contributed by atoms with Gasteiger partial charge in [0.2, 0.25) is 10.0 Å². The van der Waals surface area contributed by atoms with Crippen molar-refractivity contribution in [2.75, 3.05) is 0 Å². The van der Waals surface area contributed by atoms with Gasteiger partial charge in [-0.05, 0) is 36.2 Å². The predicted octanol–water partition coefficient (Wildman–Crippen LogP) is 4.53. The summed E-state index contributed by atoms with van der Waals surface area (Å²) in [6, 6.07) is 23.4. The highest BCUT2D eigenvalue weighted by molar-refractivity contribution is 7.89. The van der Waals surface area contributed by atoms with Gasteiger partial charge in [-0.25, -0.2) is 8.42 Å². The molecule has 0 aromatic heterocycles. The van der Waals surface area contributed by atoms with Crippen molar-refractivity contribution in [1.29, 1.82) is 0 Å². The molecule has 0 aliphatic carbocycles. The molecule has 0 spiro atoms. The molecule has 6 nitrogen and oxygen atoms in total. The van der Waals surface area contributed by atoms with Gasteiger partial charge in [0.1, 0.15) is 24.1 Å². The summed E-state index contributed by atoms with van der Waals surface area (Å²) in [6.07, 6.45) is 0. The fourth-order valence-corrected chi connectivity index (χ4v) is 4.22. The van der Waals surface area contributed by atoms with Crippen LogP contribution < -0.4 is 9.46 Å². The Kier molecular flexibility index (Phi) is 7.44. The number of carbonyl (C=O) groups is 1. The molecular weight excluding hydrogens is 414 g/mol. The molecule has 3 aromatic rings. The van der Waals surface area contributed by atoms with E-state index in [4.69, 9.17) is 9.47 Å². The number of carbonyl (C=O) groups excluding carboxylic acids is 1. The summed E-state index contributed by atoms with van der Waals surface area (Å²) in [5.41, 5.74) is 0.674. The summed E-state index contributed by atoms with van der Waals surface area (Å²) >= 11 is 0. The monoisotopic (exact) mass is 439 g/mol. The van der Waals surface area contributed by atoms with Crippen LogP contribution >= 0.6 is 0 Å². The molecule has 0 unspecified atom stereocenters. The molecule has 0 aliphatic heterocycles. The molecule has 0 fully saturated rings. The molecule has 0 saturated carbocycles. The van der Waals surface area contributed by atoms with Crippen LogP contribution in [0.3, 0.4) is 0 Å². The lowest BCUT2D eigenvalue weighted by molar-refractivity contribution is -0.148. The zero-order chi connectivity index (χ0) is 22.3. The van der Waals surface area contributed by atoms with E-state index in [9.17, 15) is 13.2 Å². The molecule has 0 amide bonds. The molecule has 0 aliphatic rings. The maximum atomic E-state index is 12.7. The molecule has 162 valence electrons. The lowest BCUT2D eigenvalue weighted by Gasteiger charge is -2.21. The number of nitrogens with one attached hydrogen (secondary N) is 1. The van der Waals surface area contributed by atoms with Crippen LogP contribution in [0.1, 0.15) is 19.4 Å². The van der Waals surface area contributed by atoms with Crippen molar-refractivity contribution in [3.05, 3.63) is 90.5 Å². The second-order valence-electron chi connectivity index (χ2n) is 7.29. The third-order valence-corrected chi connectivity index (χ3v) is 6.03. The van der Waals surface area contributed by atoms with Crippen molar-refractivity contribution < 1.29 is 22.7 Å². The topological polar surface area (TPSA) is 81.7 Å². The number of esters is 1. The number of rotatable bonds is 9. The molecule has 3 aromatic carbocycles. The minimum Gasteiger partial charge on any atom is -0.459 e. The maximum absolute atomic E-state index is 12.7. The van der Waals surface area contributed by atoms with Gasteiger partial charge < -0.3 is 9.47 Å². The summed E-state index contributed by atoms with van der Waals surface area (Å²) < 4.78 is 39.1. The Bertz CT molecular complexity index is 1100. The average Bonchev–Trinajstić information content (AvgIpc) is 2.78. The Hall–Kier alpha value is -3.16. The van der Waals surface area contributed by atoms with Crippen molar-refractivity contribution in [1.82, 2.24) is 4.72 Å². The number of sulfonamides is 1. The quantitative estimate of drug-likeness (QED) is 0.496. The third-order valence-electron chi connectivity index (χ3n) is 4.57. The largest absolute Gasteiger partial charge is 0.459 e. The van der Waals surface area contributed by atoms with Crippen molar-refractivity contribution in [3.8, 4) is 11.5 Å². The van der Waals surface area contributed by atoms with Crippen molar-refractivity contribution in [2.45, 2.75) is 31.4 Å². The molecule has 1 atom stereocenters. The van der Waals surface area contributed by atoms with E-state index in [2.05, 4.69) is 4.72 Å². The molecule has 0 heterocycles. The van der Waals surface area contributed by atoms with E-state index in [-0.39, 0.29) is 17.4 Å². The van der Waals surface area contributed by atoms with E-state index < -0.39 is 22.0 Å². The van der Waals surface area contributed by atoms with Crippen molar-refractivity contribution in [2.24, 2.45) is 5.92 Å². The lowest BCUT2D eigenvalue weighted by atomic mass is 10.1. The first-order chi connectivity index (χ1) is 14.9. The molecule has 1 N–H and O–H groups in total. The van der Waals surface area contributed by atoms with Crippen LogP contribution in [0.5, 0.6) is 11.5 Å². The minimum absolute atomic E-state index is 0.0435. The first-order valence-corrected chi connectivity index (χ1v) is 11.4. The Labute approximate surface area is 182 Å². The highest BCUT2D eigenvalue weighted by Gasteiger charge is 2.29. The van der Waals surface area contributed by atoms with Crippen molar-refractivity contribution >= 4 is 16.0 Å². The SMILES string of the molecule is CC(C)[C@H](NS(=O)(=O)c1ccccc1)C(=O)OCc1ccccc1Oc1ccccc1. The van der Waals surface area contributed by atoms with Gasteiger partial charge in [-0.1, -0.05) is 68.4 Å². The highest BCUT2D eigenvalue weighted by Crippen LogP contribution is 2.26. The Morgan fingerprint density at radius 3 is 2.10 bits per heavy atom. The molecule has 0 bridgehead atoms. The van der Waals surface area contributed by atoms with Crippen LogP contribution in [0.15, 0.2) is 89.8 Å².